The fourth-order valence-electron chi connectivity index (χ4n) is 2.40. The van der Waals surface area contributed by atoms with Gasteiger partial charge in [-0.05, 0) is 44.5 Å². The number of hydrogen-bond donors (Lipinski definition) is 1. The van der Waals surface area contributed by atoms with Gasteiger partial charge in [-0.1, -0.05) is 6.07 Å². The van der Waals surface area contributed by atoms with E-state index < -0.39 is 0 Å². The summed E-state index contributed by atoms with van der Waals surface area (Å²) in [5.41, 5.74) is 2.48. The van der Waals surface area contributed by atoms with Crippen molar-refractivity contribution in [2.45, 2.75) is 32.2 Å². The van der Waals surface area contributed by atoms with Crippen LogP contribution in [-0.2, 0) is 0 Å². The molecule has 1 aliphatic rings. The fraction of sp³-hybridized carbons (Fsp3) is 0.462. The average Bonchev–Trinajstić information content (AvgIpc) is 2.82. The second kappa shape index (κ2) is 3.82. The molecule has 1 aromatic carbocycles. The lowest BCUT2D eigenvalue weighted by atomic mass is 10.0. The summed E-state index contributed by atoms with van der Waals surface area (Å²) < 4.78 is 1.33. The summed E-state index contributed by atoms with van der Waals surface area (Å²) in [5, 5.41) is 4.79. The van der Waals surface area contributed by atoms with Crippen LogP contribution in [0.15, 0.2) is 18.2 Å². The lowest BCUT2D eigenvalue weighted by molar-refractivity contribution is 0.593. The number of benzene rings is 1. The molecule has 2 atom stereocenters. The van der Waals surface area contributed by atoms with E-state index in [1.165, 1.54) is 21.7 Å². The van der Waals surface area contributed by atoms with Crippen molar-refractivity contribution in [3.05, 3.63) is 28.8 Å². The normalized spacial score (nSPS) is 25.4. The largest absolute Gasteiger partial charge is 0.314 e. The number of aromatic nitrogens is 1. The zero-order valence-corrected chi connectivity index (χ0v) is 10.5. The molecule has 0 saturated carbocycles. The summed E-state index contributed by atoms with van der Waals surface area (Å²) in [5.74, 6) is 0.609. The second-order valence-electron chi connectivity index (χ2n) is 4.66. The molecule has 2 heterocycles. The first-order valence-corrected chi connectivity index (χ1v) is 6.66. The molecule has 2 unspecified atom stereocenters. The summed E-state index contributed by atoms with van der Waals surface area (Å²) in [6.07, 6.45) is 1.22. The monoisotopic (exact) mass is 232 g/mol. The quantitative estimate of drug-likeness (QED) is 0.817. The Labute approximate surface area is 99.7 Å². The topological polar surface area (TPSA) is 24.9 Å². The van der Waals surface area contributed by atoms with Crippen molar-refractivity contribution in [1.82, 2.24) is 10.3 Å². The average molecular weight is 232 g/mol. The van der Waals surface area contributed by atoms with Crippen LogP contribution in [0.25, 0.3) is 10.2 Å². The number of nitrogens with one attached hydrogen (secondary N) is 1. The van der Waals surface area contributed by atoms with Gasteiger partial charge < -0.3 is 5.32 Å². The van der Waals surface area contributed by atoms with Crippen LogP contribution in [0.2, 0.25) is 0 Å². The van der Waals surface area contributed by atoms with Crippen molar-refractivity contribution < 1.29 is 0 Å². The Balaban J connectivity index is 2.04. The van der Waals surface area contributed by atoms with Crippen molar-refractivity contribution in [3.63, 3.8) is 0 Å². The molecule has 0 radical (unpaired) electrons. The molecule has 0 amide bonds. The Hall–Kier alpha value is -0.930. The van der Waals surface area contributed by atoms with E-state index in [-0.39, 0.29) is 0 Å². The van der Waals surface area contributed by atoms with Crippen molar-refractivity contribution in [3.8, 4) is 0 Å². The van der Waals surface area contributed by atoms with E-state index >= 15 is 0 Å². The Morgan fingerprint density at radius 2 is 2.31 bits per heavy atom. The van der Waals surface area contributed by atoms with Crippen molar-refractivity contribution >= 4 is 21.6 Å². The van der Waals surface area contributed by atoms with Crippen molar-refractivity contribution in [2.24, 2.45) is 0 Å². The summed E-state index contributed by atoms with van der Waals surface area (Å²) in [4.78, 5) is 4.76. The highest BCUT2D eigenvalue weighted by Crippen LogP contribution is 2.33. The zero-order chi connectivity index (χ0) is 11.1. The first-order chi connectivity index (χ1) is 7.74. The van der Waals surface area contributed by atoms with Crippen LogP contribution in [0, 0.1) is 6.92 Å². The summed E-state index contributed by atoms with van der Waals surface area (Å²) in [6.45, 7) is 5.52. The van der Waals surface area contributed by atoms with Gasteiger partial charge in [0.15, 0.2) is 0 Å². The lowest BCUT2D eigenvalue weighted by Crippen LogP contribution is -2.21. The van der Waals surface area contributed by atoms with Gasteiger partial charge in [0.25, 0.3) is 0 Å². The van der Waals surface area contributed by atoms with Crippen LogP contribution in [0.1, 0.15) is 29.8 Å². The van der Waals surface area contributed by atoms with Gasteiger partial charge in [0, 0.05) is 12.0 Å². The predicted octanol–water partition coefficient (Wildman–Crippen LogP) is 3.07. The fourth-order valence-corrected chi connectivity index (χ4v) is 3.71. The maximum atomic E-state index is 4.76. The van der Waals surface area contributed by atoms with Gasteiger partial charge in [0.2, 0.25) is 0 Å². The maximum Gasteiger partial charge on any atom is 0.0985 e. The van der Waals surface area contributed by atoms with Crippen molar-refractivity contribution in [1.29, 1.82) is 0 Å². The lowest BCUT2D eigenvalue weighted by Gasteiger charge is -2.10. The molecule has 3 heteroatoms. The molecule has 1 saturated heterocycles. The summed E-state index contributed by atoms with van der Waals surface area (Å²) >= 11 is 1.86. The minimum absolute atomic E-state index is 0.571. The van der Waals surface area contributed by atoms with Gasteiger partial charge in [0.1, 0.15) is 0 Å². The molecule has 2 aromatic rings. The standard InChI is InChI=1S/C13H16N2S/c1-8-3-4-11-12(7-8)16-13(15-11)10-5-6-14-9(10)2/h3-4,7,9-10,14H,5-6H2,1-2H3. The Kier molecular flexibility index (Phi) is 2.45. The third-order valence-electron chi connectivity index (χ3n) is 3.40. The van der Waals surface area contributed by atoms with Gasteiger partial charge in [-0.2, -0.15) is 0 Å². The number of nitrogens with zero attached hydrogens (tertiary/aromatic N) is 1. The summed E-state index contributed by atoms with van der Waals surface area (Å²) in [7, 11) is 0. The van der Waals surface area contributed by atoms with E-state index in [1.807, 2.05) is 11.3 Å². The molecule has 0 aliphatic carbocycles. The third kappa shape index (κ3) is 1.64. The zero-order valence-electron chi connectivity index (χ0n) is 9.66. The van der Waals surface area contributed by atoms with E-state index in [0.717, 1.165) is 12.1 Å². The summed E-state index contributed by atoms with van der Waals surface area (Å²) in [6, 6.07) is 7.09. The highest BCUT2D eigenvalue weighted by Gasteiger charge is 2.27. The molecule has 1 N–H and O–H groups in total. The van der Waals surface area contributed by atoms with Crippen LogP contribution in [0.5, 0.6) is 0 Å². The van der Waals surface area contributed by atoms with Crippen molar-refractivity contribution in [2.75, 3.05) is 6.54 Å². The number of rotatable bonds is 1. The maximum absolute atomic E-state index is 4.76. The van der Waals surface area contributed by atoms with E-state index in [9.17, 15) is 0 Å². The van der Waals surface area contributed by atoms with Gasteiger partial charge in [-0.15, -0.1) is 11.3 Å². The van der Waals surface area contributed by atoms with Gasteiger partial charge in [0.05, 0.1) is 15.2 Å². The third-order valence-corrected chi connectivity index (χ3v) is 4.55. The SMILES string of the molecule is Cc1ccc2nc(C3CCNC3C)sc2c1. The molecular formula is C13H16N2S. The molecule has 1 fully saturated rings. The second-order valence-corrected chi connectivity index (χ2v) is 5.72. The minimum Gasteiger partial charge on any atom is -0.314 e. The first-order valence-electron chi connectivity index (χ1n) is 5.84. The molecule has 0 spiro atoms. The molecular weight excluding hydrogens is 216 g/mol. The van der Waals surface area contributed by atoms with E-state index in [2.05, 4.69) is 37.4 Å². The van der Waals surface area contributed by atoms with E-state index in [4.69, 9.17) is 4.98 Å². The van der Waals surface area contributed by atoms with Crippen LogP contribution in [0.3, 0.4) is 0 Å². The van der Waals surface area contributed by atoms with E-state index in [0.29, 0.717) is 12.0 Å². The highest BCUT2D eigenvalue weighted by molar-refractivity contribution is 7.18. The molecule has 0 bridgehead atoms. The van der Waals surface area contributed by atoms with Crippen LogP contribution in [-0.4, -0.2) is 17.6 Å². The van der Waals surface area contributed by atoms with Crippen LogP contribution in [0.4, 0.5) is 0 Å². The molecule has 84 valence electrons. The predicted molar refractivity (Wildman–Crippen MR) is 69.2 cm³/mol. The number of hydrogen-bond acceptors (Lipinski definition) is 3. The van der Waals surface area contributed by atoms with Gasteiger partial charge in [-0.25, -0.2) is 4.98 Å². The minimum atomic E-state index is 0.571. The molecule has 3 rings (SSSR count). The molecule has 1 aliphatic heterocycles. The van der Waals surface area contributed by atoms with E-state index in [1.54, 1.807) is 0 Å². The molecule has 2 nitrogen and oxygen atoms in total. The van der Waals surface area contributed by atoms with Crippen LogP contribution < -0.4 is 5.32 Å². The Morgan fingerprint density at radius 1 is 1.44 bits per heavy atom. The van der Waals surface area contributed by atoms with Crippen LogP contribution >= 0.6 is 11.3 Å². The Morgan fingerprint density at radius 3 is 3.06 bits per heavy atom. The van der Waals surface area contributed by atoms with Gasteiger partial charge in [-0.3, -0.25) is 0 Å². The Bertz CT molecular complexity index is 518. The smallest absolute Gasteiger partial charge is 0.0985 e. The number of fused-ring (bicyclic) bond motifs is 1. The number of aryl methyl sites for hydroxylation is 1. The first kappa shape index (κ1) is 10.2. The molecule has 16 heavy (non-hydrogen) atoms. The van der Waals surface area contributed by atoms with Gasteiger partial charge >= 0.3 is 0 Å². The highest BCUT2D eigenvalue weighted by atomic mass is 32.1. The molecule has 1 aromatic heterocycles. The number of thiazole rings is 1.